The maximum atomic E-state index is 13.7. The van der Waals surface area contributed by atoms with Crippen LogP contribution in [0, 0.1) is 23.2 Å². The van der Waals surface area contributed by atoms with E-state index >= 15 is 0 Å². The number of carbonyl (C=O) groups excluding carboxylic acids is 6. The Morgan fingerprint density at radius 2 is 1.65 bits per heavy atom. The standard InChI is InChI=1S/C71H82N10O16S/c1-44-49(48-18-19-50(75-63(48)65(89)90)46-17-21-55-53(35-46)79(30-33-94-55)67(91)77-66-76-51-13-7-8-14-57(51)98-66)38-73-81(44)42-71(40-69(2)25-11-26-70(3,39-69)41-71)43-93-32-29-78(4)68(92)95-31-10-12-45-16-20-54(96-62-37-47(82)36-56(97-62)64(87)88)52(34-45)74-59(84)24-27-72-58(83)15-6-5-9-28-80-60(85)22-23-61(80)86/h7-8,10,12-14,16-23,34-35,38,47,56,62,82H,5-6,9,11,15,24-33,36-37,39-43H2,1-4H3,(H,72,83)(H,74,84)(H,87,88)(H,89,90)(H,76,77,91)/b12-10+/t47-,56-,62+,69?,70?,71?/m0/s1. The molecule has 518 valence electrons. The molecular weight excluding hydrogens is 1280 g/mol. The highest BCUT2D eigenvalue weighted by Gasteiger charge is 2.53. The van der Waals surface area contributed by atoms with Gasteiger partial charge in [-0.1, -0.05) is 62.3 Å². The van der Waals surface area contributed by atoms with Crippen LogP contribution in [0.4, 0.5) is 26.1 Å². The molecule has 2 unspecified atom stereocenters. The number of carbonyl (C=O) groups is 8. The summed E-state index contributed by atoms with van der Waals surface area (Å²) in [5, 5.41) is 44.6. The van der Waals surface area contributed by atoms with Gasteiger partial charge >= 0.3 is 24.1 Å². The van der Waals surface area contributed by atoms with Gasteiger partial charge in [-0.3, -0.25) is 39.0 Å². The summed E-state index contributed by atoms with van der Waals surface area (Å²) in [5.74, 6) is -3.29. The van der Waals surface area contributed by atoms with Crippen molar-refractivity contribution in [3.63, 3.8) is 0 Å². The van der Waals surface area contributed by atoms with Gasteiger partial charge in [-0.25, -0.2) is 29.1 Å². The highest BCUT2D eigenvalue weighted by Crippen LogP contribution is 2.62. The van der Waals surface area contributed by atoms with Crippen LogP contribution in [0.25, 0.3) is 38.7 Å². The number of benzene rings is 3. The Balaban J connectivity index is 0.694. The van der Waals surface area contributed by atoms with Gasteiger partial charge in [0.15, 0.2) is 16.9 Å². The van der Waals surface area contributed by atoms with Crippen LogP contribution in [0.5, 0.6) is 11.5 Å². The van der Waals surface area contributed by atoms with E-state index in [1.165, 1.54) is 28.4 Å². The largest absolute Gasteiger partial charge is 0.490 e. The molecule has 2 bridgehead atoms. The number of anilines is 3. The third kappa shape index (κ3) is 17.0. The number of rotatable bonds is 27. The summed E-state index contributed by atoms with van der Waals surface area (Å²) in [6, 6.07) is 20.9. The number of unbranched alkanes of at least 4 members (excludes halogenated alkanes) is 2. The Morgan fingerprint density at radius 1 is 0.867 bits per heavy atom. The number of nitrogens with zero attached hydrogens (tertiary/aromatic N) is 7. The number of ether oxygens (including phenoxy) is 5. The van der Waals surface area contributed by atoms with Gasteiger partial charge in [-0.2, -0.15) is 5.10 Å². The van der Waals surface area contributed by atoms with Crippen molar-refractivity contribution < 1.29 is 77.4 Å². The average molecular weight is 1360 g/mol. The number of pyridine rings is 1. The van der Waals surface area contributed by atoms with Crippen molar-refractivity contribution in [1.29, 1.82) is 0 Å². The van der Waals surface area contributed by atoms with Crippen LogP contribution >= 0.6 is 11.3 Å². The van der Waals surface area contributed by atoms with E-state index in [1.807, 2.05) is 35.9 Å². The molecule has 3 aromatic heterocycles. The molecule has 6 aromatic rings. The van der Waals surface area contributed by atoms with E-state index in [0.717, 1.165) is 59.3 Å². The van der Waals surface area contributed by atoms with Crippen molar-refractivity contribution in [3.8, 4) is 33.9 Å². The summed E-state index contributed by atoms with van der Waals surface area (Å²) in [5.41, 5.74) is 4.46. The van der Waals surface area contributed by atoms with Gasteiger partial charge in [0, 0.05) is 98.9 Å². The molecule has 1 saturated heterocycles. The smallest absolute Gasteiger partial charge is 0.409 e. The van der Waals surface area contributed by atoms with E-state index < -0.39 is 42.4 Å². The lowest BCUT2D eigenvalue weighted by Gasteiger charge is -2.57. The second kappa shape index (κ2) is 30.5. The lowest BCUT2D eigenvalue weighted by Crippen LogP contribution is -2.50. The molecule has 6 heterocycles. The number of aromatic nitrogens is 4. The molecule has 11 rings (SSSR count). The Hall–Kier alpha value is -9.57. The zero-order valence-corrected chi connectivity index (χ0v) is 56.1. The summed E-state index contributed by atoms with van der Waals surface area (Å²) in [6.45, 7) is 8.75. The Kier molecular flexibility index (Phi) is 21.7. The van der Waals surface area contributed by atoms with Crippen LogP contribution in [0.1, 0.15) is 119 Å². The van der Waals surface area contributed by atoms with Crippen LogP contribution < -0.4 is 30.3 Å². The van der Waals surface area contributed by atoms with Crippen LogP contribution in [-0.4, -0.2) is 171 Å². The van der Waals surface area contributed by atoms with Crippen molar-refractivity contribution in [2.24, 2.45) is 16.2 Å². The molecule has 2 aliphatic carbocycles. The lowest BCUT2D eigenvalue weighted by molar-refractivity contribution is -0.195. The molecule has 2 saturated carbocycles. The number of nitrogens with one attached hydrogen (secondary N) is 3. The molecule has 0 spiro atoms. The SMILES string of the molecule is Cc1c(-c2ccc(-c3ccc4c(c3)N(C(=O)Nc3nc5ccccc5s3)CCO4)nc2C(=O)O)cnn1CC1(COCCN(C)C(=O)OC/C=C/c2ccc(O[C@H]3C[C@@H](O)C[C@@H](C(=O)O)O3)c(NC(=O)CCNC(=O)CCCCCN3C(=O)C=CC3=O)c2)CC2(C)CCCC(C)(C2)C1. The van der Waals surface area contributed by atoms with E-state index in [9.17, 15) is 53.7 Å². The quantitative estimate of drug-likeness (QED) is 0.0206. The van der Waals surface area contributed by atoms with E-state index in [0.29, 0.717) is 76.9 Å². The molecule has 5 atom stereocenters. The molecule has 98 heavy (non-hydrogen) atoms. The monoisotopic (exact) mass is 1360 g/mol. The third-order valence-corrected chi connectivity index (χ3v) is 19.7. The van der Waals surface area contributed by atoms with Crippen LogP contribution in [0.2, 0.25) is 0 Å². The summed E-state index contributed by atoms with van der Waals surface area (Å²) < 4.78 is 32.7. The average Bonchev–Trinajstić information content (AvgIpc) is 1.18. The van der Waals surface area contributed by atoms with E-state index in [-0.39, 0.29) is 129 Å². The van der Waals surface area contributed by atoms with E-state index in [1.54, 1.807) is 78.8 Å². The topological polar surface area (TPSA) is 333 Å². The number of aliphatic hydroxyl groups excluding tert-OH is 1. The molecule has 7 amide bonds. The lowest BCUT2D eigenvalue weighted by atomic mass is 9.49. The Labute approximate surface area is 570 Å². The van der Waals surface area contributed by atoms with Crippen molar-refractivity contribution in [2.75, 3.05) is 75.2 Å². The van der Waals surface area contributed by atoms with Gasteiger partial charge in [0.25, 0.3) is 11.8 Å². The number of carboxylic acid groups (broad SMARTS) is 2. The number of urea groups is 1. The number of aliphatic hydroxyl groups is 1. The summed E-state index contributed by atoms with van der Waals surface area (Å²) in [7, 11) is 1.63. The second-order valence-electron chi connectivity index (χ2n) is 26.8. The van der Waals surface area contributed by atoms with Gasteiger partial charge in [0.2, 0.25) is 18.1 Å². The number of carboxylic acids is 2. The number of aliphatic carboxylic acids is 1. The van der Waals surface area contributed by atoms with E-state index in [2.05, 4.69) is 34.8 Å². The zero-order valence-electron chi connectivity index (χ0n) is 55.3. The van der Waals surface area contributed by atoms with Crippen LogP contribution in [-0.2, 0) is 44.7 Å². The summed E-state index contributed by atoms with van der Waals surface area (Å²) in [4.78, 5) is 115. The number of fused-ring (bicyclic) bond motifs is 4. The van der Waals surface area contributed by atoms with Gasteiger partial charge in [-0.05, 0) is 129 Å². The molecular formula is C71H82N10O16S. The molecule has 27 heteroatoms. The third-order valence-electron chi connectivity index (χ3n) is 18.7. The molecule has 26 nitrogen and oxygen atoms in total. The second-order valence-corrected chi connectivity index (χ2v) is 27.8. The molecule has 5 aliphatic rings. The van der Waals surface area contributed by atoms with Crippen LogP contribution in [0.3, 0.4) is 0 Å². The number of hydrogen-bond donors (Lipinski definition) is 6. The molecule has 0 radical (unpaired) electrons. The first-order chi connectivity index (χ1) is 47.0. The first kappa shape index (κ1) is 69.8. The van der Waals surface area contributed by atoms with Gasteiger partial charge in [0.05, 0.1) is 59.3 Å². The number of aromatic carboxylic acids is 1. The van der Waals surface area contributed by atoms with Crippen molar-refractivity contribution in [1.82, 2.24) is 34.9 Å². The minimum Gasteiger partial charge on any atom is -0.490 e. The number of imide groups is 1. The number of thiazole rings is 1. The molecule has 3 fully saturated rings. The van der Waals surface area contributed by atoms with Gasteiger partial charge in [-0.15, -0.1) is 0 Å². The first-order valence-electron chi connectivity index (χ1n) is 33.1. The minimum atomic E-state index is -1.31. The predicted molar refractivity (Wildman–Crippen MR) is 363 cm³/mol. The highest BCUT2D eigenvalue weighted by atomic mass is 32.1. The molecule has 3 aliphatic heterocycles. The zero-order chi connectivity index (χ0) is 69.3. The highest BCUT2D eigenvalue weighted by molar-refractivity contribution is 7.22. The molecule has 3 aromatic carbocycles. The van der Waals surface area contributed by atoms with Gasteiger partial charge < -0.3 is 54.5 Å². The maximum Gasteiger partial charge on any atom is 0.409 e. The summed E-state index contributed by atoms with van der Waals surface area (Å²) in [6.07, 6.45) is 11.2. The fourth-order valence-electron chi connectivity index (χ4n) is 14.5. The van der Waals surface area contributed by atoms with Crippen LogP contribution in [0.15, 0.2) is 97.2 Å². The number of para-hydroxylation sites is 1. The Bertz CT molecular complexity index is 4010. The minimum absolute atomic E-state index is 0.0197. The normalized spacial score (nSPS) is 21.9. The van der Waals surface area contributed by atoms with Crippen molar-refractivity contribution in [3.05, 3.63) is 114 Å². The van der Waals surface area contributed by atoms with E-state index in [4.69, 9.17) is 33.8 Å². The van der Waals surface area contributed by atoms with Gasteiger partial charge in [0.1, 0.15) is 24.7 Å². The first-order valence-corrected chi connectivity index (χ1v) is 33.9. The Morgan fingerprint density at radius 3 is 2.42 bits per heavy atom. The van der Waals surface area contributed by atoms with Crippen molar-refractivity contribution >= 4 is 91.8 Å². The number of hydrogen-bond acceptors (Lipinski definition) is 18. The summed E-state index contributed by atoms with van der Waals surface area (Å²) >= 11 is 1.38. The van der Waals surface area contributed by atoms with Crippen molar-refractivity contribution in [2.45, 2.75) is 129 Å². The number of likely N-dealkylation sites (N-methyl/N-ethyl adjacent to an activating group) is 1. The molecule has 6 N–H and O–H groups in total. The fraction of sp³-hybridized carbons (Fsp3) is 0.451. The fourth-order valence-corrected chi connectivity index (χ4v) is 15.4. The maximum absolute atomic E-state index is 13.7. The predicted octanol–water partition coefficient (Wildman–Crippen LogP) is 10.1. The number of amides is 7.